The van der Waals surface area contributed by atoms with E-state index in [1.54, 1.807) is 35.2 Å². The third-order valence-corrected chi connectivity index (χ3v) is 5.94. The number of nitrogens with two attached hydrogens (primary N) is 1. The Kier molecular flexibility index (Phi) is 4.56. The number of nitrogens with zero attached hydrogens (tertiary/aromatic N) is 3. The Morgan fingerprint density at radius 1 is 1.16 bits per heavy atom. The molecule has 160 valence electrons. The minimum Gasteiger partial charge on any atom is -0.454 e. The normalized spacial score (nSPS) is 19.7. The first kappa shape index (κ1) is 19.6. The number of nitro groups is 1. The summed E-state index contributed by atoms with van der Waals surface area (Å²) in [4.78, 5) is 25.6. The summed E-state index contributed by atoms with van der Waals surface area (Å²) in [5.41, 5.74) is 8.91. The van der Waals surface area contributed by atoms with E-state index in [-0.39, 0.29) is 29.7 Å². The van der Waals surface area contributed by atoms with Crippen LogP contribution in [0, 0.1) is 21.4 Å². The number of carbonyl (C=O) groups excluding carboxylic acids is 1. The monoisotopic (exact) mass is 430 g/mol. The first-order valence-electron chi connectivity index (χ1n) is 10.1. The van der Waals surface area contributed by atoms with Crippen LogP contribution in [0.5, 0.6) is 11.5 Å². The van der Waals surface area contributed by atoms with E-state index < -0.39 is 10.8 Å². The summed E-state index contributed by atoms with van der Waals surface area (Å²) in [6, 6.07) is 13.5. The molecule has 0 bridgehead atoms. The molecule has 2 heterocycles. The van der Waals surface area contributed by atoms with E-state index in [1.165, 1.54) is 12.1 Å². The van der Waals surface area contributed by atoms with Gasteiger partial charge in [0.2, 0.25) is 6.79 Å². The molecule has 2 aliphatic heterocycles. The average molecular weight is 430 g/mol. The van der Waals surface area contributed by atoms with Crippen LogP contribution in [0.15, 0.2) is 65.1 Å². The molecule has 1 atom stereocenters. The van der Waals surface area contributed by atoms with Crippen LogP contribution in [0.3, 0.4) is 0 Å². The summed E-state index contributed by atoms with van der Waals surface area (Å²) in [5, 5.41) is 21.4. The molecule has 0 aromatic heterocycles. The molecule has 0 spiro atoms. The minimum atomic E-state index is -0.646. The van der Waals surface area contributed by atoms with Crippen molar-refractivity contribution < 1.29 is 19.2 Å². The number of ether oxygens (including phenoxy) is 2. The molecular formula is C23H18N4O5. The number of rotatable bonds is 3. The van der Waals surface area contributed by atoms with Crippen molar-refractivity contribution in [2.45, 2.75) is 25.2 Å². The number of hydrogen-bond donors (Lipinski definition) is 1. The largest absolute Gasteiger partial charge is 0.454 e. The molecule has 32 heavy (non-hydrogen) atoms. The fourth-order valence-electron chi connectivity index (χ4n) is 4.55. The highest BCUT2D eigenvalue weighted by Crippen LogP contribution is 2.48. The molecule has 1 aliphatic carbocycles. The van der Waals surface area contributed by atoms with Crippen molar-refractivity contribution in [2.24, 2.45) is 5.73 Å². The second-order valence-electron chi connectivity index (χ2n) is 7.71. The van der Waals surface area contributed by atoms with E-state index in [9.17, 15) is 20.2 Å². The number of anilines is 1. The molecule has 9 heteroatoms. The van der Waals surface area contributed by atoms with Crippen molar-refractivity contribution in [3.05, 3.63) is 80.8 Å². The minimum absolute atomic E-state index is 0.0652. The van der Waals surface area contributed by atoms with Gasteiger partial charge in [-0.3, -0.25) is 19.8 Å². The molecule has 2 N–H and O–H groups in total. The lowest BCUT2D eigenvalue weighted by molar-refractivity contribution is -0.384. The third kappa shape index (κ3) is 2.96. The Balaban J connectivity index is 1.72. The lowest BCUT2D eigenvalue weighted by atomic mass is 9.75. The van der Waals surface area contributed by atoms with E-state index in [2.05, 4.69) is 6.07 Å². The molecule has 0 saturated heterocycles. The van der Waals surface area contributed by atoms with Gasteiger partial charge in [0.15, 0.2) is 17.3 Å². The van der Waals surface area contributed by atoms with Gasteiger partial charge in [-0.15, -0.1) is 0 Å². The first-order chi connectivity index (χ1) is 15.5. The van der Waals surface area contributed by atoms with Gasteiger partial charge in [-0.2, -0.15) is 5.26 Å². The van der Waals surface area contributed by atoms with Crippen LogP contribution in [-0.2, 0) is 4.79 Å². The number of fused-ring (bicyclic) bond motifs is 1. The van der Waals surface area contributed by atoms with Gasteiger partial charge >= 0.3 is 0 Å². The second-order valence-corrected chi connectivity index (χ2v) is 7.71. The van der Waals surface area contributed by atoms with Crippen LogP contribution in [-0.4, -0.2) is 17.5 Å². The Morgan fingerprint density at radius 2 is 1.97 bits per heavy atom. The van der Waals surface area contributed by atoms with Gasteiger partial charge in [0, 0.05) is 29.8 Å². The van der Waals surface area contributed by atoms with Crippen LogP contribution < -0.4 is 20.1 Å². The fraction of sp³-hybridized carbons (Fsp3) is 0.217. The highest BCUT2D eigenvalue weighted by molar-refractivity contribution is 6.01. The van der Waals surface area contributed by atoms with Crippen LogP contribution in [0.2, 0.25) is 0 Å². The molecule has 2 aromatic carbocycles. The topological polar surface area (TPSA) is 132 Å². The summed E-state index contributed by atoms with van der Waals surface area (Å²) in [6.45, 7) is 0.111. The molecule has 0 radical (unpaired) electrons. The van der Waals surface area contributed by atoms with Crippen molar-refractivity contribution in [3.8, 4) is 17.6 Å². The number of nitro benzene ring substituents is 1. The second kappa shape index (κ2) is 7.42. The van der Waals surface area contributed by atoms with Gasteiger partial charge in [0.1, 0.15) is 5.82 Å². The van der Waals surface area contributed by atoms with Crippen molar-refractivity contribution >= 4 is 17.2 Å². The Labute approximate surface area is 183 Å². The zero-order valence-electron chi connectivity index (χ0n) is 16.9. The Morgan fingerprint density at radius 3 is 2.75 bits per heavy atom. The number of benzene rings is 2. The number of hydrogen-bond acceptors (Lipinski definition) is 8. The Hall–Kier alpha value is -4.32. The standard InChI is InChI=1S/C23H18N4O5/c24-11-16-21(13-7-8-19-20(9-13)32-12-31-19)22-17(5-2-6-18(22)28)26(23(16)25)14-3-1-4-15(10-14)27(29)30/h1,3-4,7-10,21H,2,5-6,12,25H2/t21-/m1/s1. The number of nitriles is 1. The molecule has 0 unspecified atom stereocenters. The molecule has 0 fully saturated rings. The van der Waals surface area contributed by atoms with E-state index >= 15 is 0 Å². The summed E-state index contributed by atoms with van der Waals surface area (Å²) in [5.74, 6) is 0.591. The fourth-order valence-corrected chi connectivity index (χ4v) is 4.55. The summed E-state index contributed by atoms with van der Waals surface area (Å²) in [6.07, 6.45) is 1.55. The molecule has 2 aromatic rings. The number of allylic oxidation sites excluding steroid dienone is 3. The zero-order valence-corrected chi connectivity index (χ0v) is 16.9. The van der Waals surface area contributed by atoms with E-state index in [0.29, 0.717) is 53.3 Å². The van der Waals surface area contributed by atoms with Gasteiger partial charge in [-0.05, 0) is 36.6 Å². The molecular weight excluding hydrogens is 412 g/mol. The maximum absolute atomic E-state index is 13.1. The predicted octanol–water partition coefficient (Wildman–Crippen LogP) is 3.63. The SMILES string of the molecule is N#CC1=C(N)N(c2cccc([N+](=O)[O-])c2)C2=C(C(=O)CCC2)[C@@H]1c1ccc2c(c1)OCO2. The quantitative estimate of drug-likeness (QED) is 0.577. The number of non-ortho nitro benzene ring substituents is 1. The van der Waals surface area contributed by atoms with Crippen molar-refractivity contribution in [2.75, 3.05) is 11.7 Å². The van der Waals surface area contributed by atoms with E-state index in [0.717, 1.165) is 0 Å². The smallest absolute Gasteiger partial charge is 0.271 e. The van der Waals surface area contributed by atoms with E-state index in [4.69, 9.17) is 15.2 Å². The average Bonchev–Trinajstić information content (AvgIpc) is 3.26. The number of Topliss-reactive ketones (excluding diaryl/α,β-unsaturated/α-hetero) is 1. The Bertz CT molecular complexity index is 1270. The van der Waals surface area contributed by atoms with Gasteiger partial charge in [0.05, 0.1) is 28.2 Å². The maximum atomic E-state index is 13.1. The van der Waals surface area contributed by atoms with Gasteiger partial charge in [0.25, 0.3) is 5.69 Å². The van der Waals surface area contributed by atoms with Crippen LogP contribution in [0.25, 0.3) is 0 Å². The lowest BCUT2D eigenvalue weighted by Crippen LogP contribution is -2.38. The highest BCUT2D eigenvalue weighted by atomic mass is 16.7. The van der Waals surface area contributed by atoms with Crippen LogP contribution in [0.4, 0.5) is 11.4 Å². The maximum Gasteiger partial charge on any atom is 0.271 e. The van der Waals surface area contributed by atoms with Crippen molar-refractivity contribution in [1.29, 1.82) is 5.26 Å². The van der Waals surface area contributed by atoms with Gasteiger partial charge in [-0.1, -0.05) is 12.1 Å². The third-order valence-electron chi connectivity index (χ3n) is 5.94. The predicted molar refractivity (Wildman–Crippen MR) is 114 cm³/mol. The molecule has 9 nitrogen and oxygen atoms in total. The number of ketones is 1. The summed E-state index contributed by atoms with van der Waals surface area (Å²) in [7, 11) is 0. The highest BCUT2D eigenvalue weighted by Gasteiger charge is 2.41. The van der Waals surface area contributed by atoms with Crippen molar-refractivity contribution in [1.82, 2.24) is 0 Å². The van der Waals surface area contributed by atoms with Gasteiger partial charge in [-0.25, -0.2) is 0 Å². The van der Waals surface area contributed by atoms with Crippen molar-refractivity contribution in [3.63, 3.8) is 0 Å². The van der Waals surface area contributed by atoms with Crippen LogP contribution in [0.1, 0.15) is 30.7 Å². The summed E-state index contributed by atoms with van der Waals surface area (Å²) >= 11 is 0. The van der Waals surface area contributed by atoms with Gasteiger partial charge < -0.3 is 15.2 Å². The number of carbonyl (C=O) groups is 1. The first-order valence-corrected chi connectivity index (χ1v) is 10.1. The van der Waals surface area contributed by atoms with Crippen LogP contribution >= 0.6 is 0 Å². The molecule has 0 amide bonds. The molecule has 5 rings (SSSR count). The lowest BCUT2D eigenvalue weighted by Gasteiger charge is -2.39. The zero-order chi connectivity index (χ0) is 22.4. The summed E-state index contributed by atoms with van der Waals surface area (Å²) < 4.78 is 10.9. The molecule has 3 aliphatic rings. The van der Waals surface area contributed by atoms with E-state index in [1.807, 2.05) is 0 Å². The molecule has 0 saturated carbocycles.